The molecule has 0 heterocycles. The molecule has 2 atom stereocenters. The minimum absolute atomic E-state index is 0.0918. The molecule has 2 unspecified atom stereocenters. The number of aliphatic carboxylic acids is 1. The van der Waals surface area contributed by atoms with Gasteiger partial charge in [-0.2, -0.15) is 0 Å². The Balaban J connectivity index is 1.57. The lowest BCUT2D eigenvalue weighted by molar-refractivity contribution is -0.145. The number of amides is 1. The minimum atomic E-state index is -1.02. The number of rotatable bonds is 7. The molecule has 1 N–H and O–H groups in total. The normalized spacial score (nSPS) is 21.5. The standard InChI is InChI=1S/C23H25NO5/c1-28-17-9-15(10-18(11-17)29-2)13-24(14-21(25)26)22(27)20-12-23(20)8-7-16-5-3-4-6-19(16)23/h3-6,9-11,20H,7-8,12-14H2,1-2H3,(H,25,26). The third-order valence-electron chi connectivity index (χ3n) is 6.19. The molecule has 1 amide bonds. The summed E-state index contributed by atoms with van der Waals surface area (Å²) in [7, 11) is 3.12. The van der Waals surface area contributed by atoms with Crippen molar-refractivity contribution in [3.05, 3.63) is 59.2 Å². The number of ether oxygens (including phenoxy) is 2. The number of carbonyl (C=O) groups excluding carboxylic acids is 1. The Morgan fingerprint density at radius 2 is 1.83 bits per heavy atom. The van der Waals surface area contributed by atoms with E-state index >= 15 is 0 Å². The maximum atomic E-state index is 13.3. The number of hydrogen-bond acceptors (Lipinski definition) is 4. The van der Waals surface area contributed by atoms with E-state index in [0.717, 1.165) is 24.8 Å². The van der Waals surface area contributed by atoms with Crippen LogP contribution in [0, 0.1) is 5.92 Å². The van der Waals surface area contributed by atoms with Crippen LogP contribution in [0.1, 0.15) is 29.5 Å². The predicted octanol–water partition coefficient (Wildman–Crippen LogP) is 3.02. The largest absolute Gasteiger partial charge is 0.497 e. The van der Waals surface area contributed by atoms with Crippen molar-refractivity contribution >= 4 is 11.9 Å². The quantitative estimate of drug-likeness (QED) is 0.780. The highest BCUT2D eigenvalue weighted by Gasteiger charge is 2.62. The van der Waals surface area contributed by atoms with Crippen molar-refractivity contribution in [1.29, 1.82) is 0 Å². The first-order valence-corrected chi connectivity index (χ1v) is 9.78. The summed E-state index contributed by atoms with van der Waals surface area (Å²) in [5, 5.41) is 9.39. The van der Waals surface area contributed by atoms with E-state index in [-0.39, 0.29) is 30.3 Å². The van der Waals surface area contributed by atoms with Crippen LogP contribution in [0.2, 0.25) is 0 Å². The van der Waals surface area contributed by atoms with E-state index in [1.807, 2.05) is 12.1 Å². The molecule has 6 heteroatoms. The van der Waals surface area contributed by atoms with Crippen LogP contribution in [-0.2, 0) is 28.0 Å². The Kier molecular flexibility index (Phi) is 4.94. The second-order valence-corrected chi connectivity index (χ2v) is 7.88. The van der Waals surface area contributed by atoms with E-state index in [4.69, 9.17) is 9.47 Å². The van der Waals surface area contributed by atoms with Gasteiger partial charge in [0.05, 0.1) is 14.2 Å². The lowest BCUT2D eigenvalue weighted by Crippen LogP contribution is -2.37. The summed E-state index contributed by atoms with van der Waals surface area (Å²) in [4.78, 5) is 26.2. The fourth-order valence-electron chi connectivity index (χ4n) is 4.69. The maximum Gasteiger partial charge on any atom is 0.323 e. The number of nitrogens with zero attached hydrogens (tertiary/aromatic N) is 1. The fraction of sp³-hybridized carbons (Fsp3) is 0.391. The SMILES string of the molecule is COc1cc(CN(CC(=O)O)C(=O)C2CC23CCc2ccccc23)cc(OC)c1. The first kappa shape index (κ1) is 19.3. The van der Waals surface area contributed by atoms with Crippen LogP contribution in [0.15, 0.2) is 42.5 Å². The fourth-order valence-corrected chi connectivity index (χ4v) is 4.69. The first-order chi connectivity index (χ1) is 14.0. The van der Waals surface area contributed by atoms with Gasteiger partial charge in [0.15, 0.2) is 0 Å². The van der Waals surface area contributed by atoms with Crippen molar-refractivity contribution in [1.82, 2.24) is 4.90 Å². The number of carboxylic acid groups (broad SMARTS) is 1. The summed E-state index contributed by atoms with van der Waals surface area (Å²) in [6.45, 7) is -0.125. The van der Waals surface area contributed by atoms with Gasteiger partial charge in [0.1, 0.15) is 18.0 Å². The number of carbonyl (C=O) groups is 2. The summed E-state index contributed by atoms with van der Waals surface area (Å²) < 4.78 is 10.6. The number of carboxylic acids is 1. The van der Waals surface area contributed by atoms with Gasteiger partial charge < -0.3 is 19.5 Å². The lowest BCUT2D eigenvalue weighted by atomic mass is 9.95. The topological polar surface area (TPSA) is 76.1 Å². The van der Waals surface area contributed by atoms with Crippen LogP contribution in [0.25, 0.3) is 0 Å². The van der Waals surface area contributed by atoms with Crippen molar-refractivity contribution in [3.63, 3.8) is 0 Å². The lowest BCUT2D eigenvalue weighted by Gasteiger charge is -2.23. The minimum Gasteiger partial charge on any atom is -0.497 e. The summed E-state index contributed by atoms with van der Waals surface area (Å²) >= 11 is 0. The zero-order valence-electron chi connectivity index (χ0n) is 16.7. The molecule has 0 radical (unpaired) electrons. The van der Waals surface area contributed by atoms with E-state index < -0.39 is 5.97 Å². The number of aryl methyl sites for hydroxylation is 1. The molecule has 1 fully saturated rings. The Morgan fingerprint density at radius 1 is 1.14 bits per heavy atom. The molecule has 0 bridgehead atoms. The first-order valence-electron chi connectivity index (χ1n) is 9.78. The smallest absolute Gasteiger partial charge is 0.323 e. The van der Waals surface area contributed by atoms with Gasteiger partial charge in [0, 0.05) is 23.9 Å². The highest BCUT2D eigenvalue weighted by atomic mass is 16.5. The molecule has 0 saturated heterocycles. The second-order valence-electron chi connectivity index (χ2n) is 7.88. The average Bonchev–Trinajstić information content (AvgIpc) is 3.34. The van der Waals surface area contributed by atoms with Gasteiger partial charge in [-0.05, 0) is 48.1 Å². The van der Waals surface area contributed by atoms with Gasteiger partial charge in [-0.25, -0.2) is 0 Å². The molecule has 0 aromatic heterocycles. The molecular weight excluding hydrogens is 370 g/mol. The molecule has 6 nitrogen and oxygen atoms in total. The average molecular weight is 395 g/mol. The van der Waals surface area contributed by atoms with E-state index in [1.54, 1.807) is 32.4 Å². The van der Waals surface area contributed by atoms with Crippen molar-refractivity contribution in [2.24, 2.45) is 5.92 Å². The van der Waals surface area contributed by atoms with Gasteiger partial charge in [0.2, 0.25) is 5.91 Å². The summed E-state index contributed by atoms with van der Waals surface area (Å²) in [6.07, 6.45) is 2.73. The van der Waals surface area contributed by atoms with E-state index in [1.165, 1.54) is 16.0 Å². The molecule has 152 valence electrons. The zero-order chi connectivity index (χ0) is 20.6. The maximum absolute atomic E-state index is 13.3. The van der Waals surface area contributed by atoms with Crippen LogP contribution >= 0.6 is 0 Å². The van der Waals surface area contributed by atoms with E-state index in [2.05, 4.69) is 12.1 Å². The third-order valence-corrected chi connectivity index (χ3v) is 6.19. The Labute approximate surface area is 170 Å². The van der Waals surface area contributed by atoms with Crippen LogP contribution < -0.4 is 9.47 Å². The van der Waals surface area contributed by atoms with Crippen molar-refractivity contribution < 1.29 is 24.2 Å². The Bertz CT molecular complexity index is 934. The molecular formula is C23H25NO5. The van der Waals surface area contributed by atoms with E-state index in [9.17, 15) is 14.7 Å². The summed E-state index contributed by atoms with van der Waals surface area (Å²) in [5.74, 6) is -0.0528. The molecule has 4 rings (SSSR count). The van der Waals surface area contributed by atoms with Crippen molar-refractivity contribution in [2.75, 3.05) is 20.8 Å². The molecule has 2 aliphatic carbocycles. The van der Waals surface area contributed by atoms with Gasteiger partial charge >= 0.3 is 5.97 Å². The highest BCUT2D eigenvalue weighted by molar-refractivity contribution is 5.87. The third kappa shape index (κ3) is 3.55. The molecule has 2 aromatic rings. The molecule has 1 saturated carbocycles. The summed E-state index contributed by atoms with van der Waals surface area (Å²) in [6, 6.07) is 13.6. The van der Waals surface area contributed by atoms with Crippen LogP contribution in [0.3, 0.4) is 0 Å². The predicted molar refractivity (Wildman–Crippen MR) is 107 cm³/mol. The molecule has 29 heavy (non-hydrogen) atoms. The zero-order valence-corrected chi connectivity index (χ0v) is 16.7. The van der Waals surface area contributed by atoms with Crippen LogP contribution in [-0.4, -0.2) is 42.6 Å². The van der Waals surface area contributed by atoms with E-state index in [0.29, 0.717) is 11.5 Å². The molecule has 2 aliphatic rings. The molecule has 0 aliphatic heterocycles. The highest BCUT2D eigenvalue weighted by Crippen LogP contribution is 2.62. The second kappa shape index (κ2) is 7.43. The van der Waals surface area contributed by atoms with Gasteiger partial charge in [-0.15, -0.1) is 0 Å². The van der Waals surface area contributed by atoms with Gasteiger partial charge in [-0.1, -0.05) is 24.3 Å². The summed E-state index contributed by atoms with van der Waals surface area (Å²) in [5.41, 5.74) is 3.23. The van der Waals surface area contributed by atoms with Crippen molar-refractivity contribution in [2.45, 2.75) is 31.2 Å². The van der Waals surface area contributed by atoms with Gasteiger partial charge in [-0.3, -0.25) is 9.59 Å². The Hall–Kier alpha value is -3.02. The Morgan fingerprint density at radius 3 is 2.48 bits per heavy atom. The monoisotopic (exact) mass is 395 g/mol. The number of methoxy groups -OCH3 is 2. The van der Waals surface area contributed by atoms with Crippen LogP contribution in [0.5, 0.6) is 11.5 Å². The molecule has 1 spiro atoms. The number of hydrogen-bond donors (Lipinski definition) is 1. The number of benzene rings is 2. The van der Waals surface area contributed by atoms with Crippen molar-refractivity contribution in [3.8, 4) is 11.5 Å². The number of fused-ring (bicyclic) bond motifs is 2. The molecule has 2 aromatic carbocycles. The van der Waals surface area contributed by atoms with Crippen LogP contribution in [0.4, 0.5) is 0 Å². The van der Waals surface area contributed by atoms with Gasteiger partial charge in [0.25, 0.3) is 0 Å².